The van der Waals surface area contributed by atoms with Crippen LogP contribution in [0, 0.1) is 0 Å². The highest BCUT2D eigenvalue weighted by molar-refractivity contribution is 9.09. The Morgan fingerprint density at radius 2 is 2.13 bits per heavy atom. The highest BCUT2D eigenvalue weighted by Crippen LogP contribution is 2.50. The minimum absolute atomic E-state index is 0.191. The van der Waals surface area contributed by atoms with Crippen molar-refractivity contribution in [1.82, 2.24) is 4.90 Å². The van der Waals surface area contributed by atoms with Crippen LogP contribution in [-0.4, -0.2) is 36.3 Å². The predicted octanol–water partition coefficient (Wildman–Crippen LogP) is 5.09. The molecule has 0 saturated carbocycles. The van der Waals surface area contributed by atoms with Crippen molar-refractivity contribution in [1.29, 1.82) is 0 Å². The Morgan fingerprint density at radius 1 is 1.48 bits per heavy atom. The molecule has 1 aromatic rings. The number of thiophene rings is 1. The number of hydrogen-bond acceptors (Lipinski definition) is 4. The number of carbonyl (C=O) groups excluding carboxylic acids is 1. The maximum atomic E-state index is 12.2. The van der Waals surface area contributed by atoms with Gasteiger partial charge in [0.05, 0.1) is 15.8 Å². The van der Waals surface area contributed by atoms with Crippen molar-refractivity contribution in [3.05, 3.63) is 20.8 Å². The van der Waals surface area contributed by atoms with Crippen LogP contribution >= 0.6 is 38.9 Å². The van der Waals surface area contributed by atoms with Gasteiger partial charge < -0.3 is 14.4 Å². The van der Waals surface area contributed by atoms with E-state index < -0.39 is 5.60 Å². The van der Waals surface area contributed by atoms with Crippen molar-refractivity contribution in [2.45, 2.75) is 49.6 Å². The molecule has 2 aliphatic rings. The molecule has 3 rings (SSSR count). The molecule has 1 atom stereocenters. The molecule has 23 heavy (non-hydrogen) atoms. The van der Waals surface area contributed by atoms with Gasteiger partial charge in [-0.1, -0.05) is 27.5 Å². The number of piperidine rings is 1. The molecule has 1 spiro atoms. The van der Waals surface area contributed by atoms with Crippen molar-refractivity contribution in [2.75, 3.05) is 19.7 Å². The topological polar surface area (TPSA) is 38.8 Å². The van der Waals surface area contributed by atoms with Crippen LogP contribution in [-0.2, 0) is 15.1 Å². The van der Waals surface area contributed by atoms with Crippen molar-refractivity contribution >= 4 is 45.0 Å². The Kier molecular flexibility index (Phi) is 4.73. The number of fused-ring (bicyclic) bond motifs is 2. The third-order valence-corrected chi connectivity index (χ3v) is 6.43. The molecule has 0 aromatic carbocycles. The van der Waals surface area contributed by atoms with Gasteiger partial charge >= 0.3 is 6.09 Å². The average molecular weight is 423 g/mol. The highest BCUT2D eigenvalue weighted by Gasteiger charge is 2.45. The van der Waals surface area contributed by atoms with E-state index >= 15 is 0 Å². The Labute approximate surface area is 154 Å². The van der Waals surface area contributed by atoms with E-state index in [4.69, 9.17) is 21.1 Å². The first-order valence-electron chi connectivity index (χ1n) is 7.76. The second kappa shape index (κ2) is 6.21. The Hall–Kier alpha value is -0.300. The van der Waals surface area contributed by atoms with Crippen LogP contribution in [0.1, 0.15) is 48.9 Å². The highest BCUT2D eigenvalue weighted by atomic mass is 79.9. The van der Waals surface area contributed by atoms with Crippen LogP contribution < -0.4 is 0 Å². The third kappa shape index (κ3) is 3.55. The Morgan fingerprint density at radius 3 is 2.74 bits per heavy atom. The van der Waals surface area contributed by atoms with Crippen LogP contribution in [0.2, 0.25) is 4.34 Å². The summed E-state index contributed by atoms with van der Waals surface area (Å²) < 4.78 is 12.5. The molecule has 0 radical (unpaired) electrons. The lowest BCUT2D eigenvalue weighted by Gasteiger charge is -2.44. The van der Waals surface area contributed by atoms with Gasteiger partial charge in [0.1, 0.15) is 11.2 Å². The molecule has 128 valence electrons. The summed E-state index contributed by atoms with van der Waals surface area (Å²) in [5.41, 5.74) is 0.457. The fourth-order valence-electron chi connectivity index (χ4n) is 3.10. The minimum atomic E-state index is -0.467. The fourth-order valence-corrected chi connectivity index (χ4v) is 5.24. The lowest BCUT2D eigenvalue weighted by Crippen LogP contribution is -2.49. The van der Waals surface area contributed by atoms with Gasteiger partial charge in [0.2, 0.25) is 0 Å². The molecular weight excluding hydrogens is 402 g/mol. The third-order valence-electron chi connectivity index (χ3n) is 4.21. The van der Waals surface area contributed by atoms with Crippen LogP contribution in [0.25, 0.3) is 0 Å². The van der Waals surface area contributed by atoms with E-state index in [1.807, 2.05) is 26.8 Å². The lowest BCUT2D eigenvalue weighted by atomic mass is 9.85. The van der Waals surface area contributed by atoms with Gasteiger partial charge in [0, 0.05) is 18.0 Å². The first-order chi connectivity index (χ1) is 10.7. The number of alkyl halides is 1. The summed E-state index contributed by atoms with van der Waals surface area (Å²) in [6.45, 7) is 7.56. The molecule has 0 unspecified atom stereocenters. The molecule has 0 aliphatic carbocycles. The second-order valence-electron chi connectivity index (χ2n) is 7.08. The van der Waals surface area contributed by atoms with E-state index in [0.717, 1.165) is 17.2 Å². The predicted molar refractivity (Wildman–Crippen MR) is 95.7 cm³/mol. The van der Waals surface area contributed by atoms with Gasteiger partial charge in [-0.3, -0.25) is 0 Å². The summed E-state index contributed by atoms with van der Waals surface area (Å²) in [7, 11) is 0. The zero-order chi connectivity index (χ0) is 16.8. The van der Waals surface area contributed by atoms with E-state index in [1.165, 1.54) is 10.4 Å². The van der Waals surface area contributed by atoms with E-state index in [0.29, 0.717) is 19.7 Å². The van der Waals surface area contributed by atoms with E-state index in [-0.39, 0.29) is 16.5 Å². The van der Waals surface area contributed by atoms with Gasteiger partial charge in [-0.25, -0.2) is 4.79 Å². The molecular formula is C16H21BrClNO3S. The molecule has 0 bridgehead atoms. The molecule has 1 amide bonds. The van der Waals surface area contributed by atoms with Gasteiger partial charge in [-0.15, -0.1) is 11.3 Å². The molecule has 3 heterocycles. The van der Waals surface area contributed by atoms with Crippen molar-refractivity contribution in [3.8, 4) is 0 Å². The summed E-state index contributed by atoms with van der Waals surface area (Å²) >= 11 is 11.5. The zero-order valence-corrected chi connectivity index (χ0v) is 16.7. The zero-order valence-electron chi connectivity index (χ0n) is 13.5. The standard InChI is InChI=1S/C16H21BrClNO3S/c1-15(2,3)22-14(20)19-6-4-16(5-7-19)13-10(8-12(18)23-13)11(17)9-21-16/h8,11H,4-7,9H2,1-3H3/t11-/m0/s1. The molecule has 0 N–H and O–H groups in total. The average Bonchev–Trinajstić information content (AvgIpc) is 2.86. The minimum Gasteiger partial charge on any atom is -0.444 e. The van der Waals surface area contributed by atoms with Crippen LogP contribution in [0.4, 0.5) is 4.79 Å². The summed E-state index contributed by atoms with van der Waals surface area (Å²) in [5, 5.41) is 0. The smallest absolute Gasteiger partial charge is 0.410 e. The van der Waals surface area contributed by atoms with Gasteiger partial charge in [0.15, 0.2) is 0 Å². The second-order valence-corrected chi connectivity index (χ2v) is 9.86. The molecule has 7 heteroatoms. The number of amides is 1. The van der Waals surface area contributed by atoms with Gasteiger partial charge in [0.25, 0.3) is 0 Å². The molecule has 2 aliphatic heterocycles. The summed E-state index contributed by atoms with van der Waals surface area (Å²) in [6, 6.07) is 2.03. The first kappa shape index (κ1) is 17.5. The lowest BCUT2D eigenvalue weighted by molar-refractivity contribution is -0.0953. The van der Waals surface area contributed by atoms with E-state index in [1.54, 1.807) is 16.2 Å². The van der Waals surface area contributed by atoms with Crippen LogP contribution in [0.3, 0.4) is 0 Å². The molecule has 1 aromatic heterocycles. The van der Waals surface area contributed by atoms with Crippen molar-refractivity contribution in [2.24, 2.45) is 0 Å². The number of rotatable bonds is 0. The normalized spacial score (nSPS) is 23.7. The van der Waals surface area contributed by atoms with Crippen molar-refractivity contribution in [3.63, 3.8) is 0 Å². The van der Waals surface area contributed by atoms with E-state index in [2.05, 4.69) is 15.9 Å². The number of hydrogen-bond donors (Lipinski definition) is 0. The number of likely N-dealkylation sites (tertiary alicyclic amines) is 1. The Bertz CT molecular complexity index is 605. The van der Waals surface area contributed by atoms with Gasteiger partial charge in [-0.2, -0.15) is 0 Å². The van der Waals surface area contributed by atoms with Crippen LogP contribution in [0.15, 0.2) is 6.07 Å². The number of halogens is 2. The summed E-state index contributed by atoms with van der Waals surface area (Å²) in [6.07, 6.45) is 1.30. The van der Waals surface area contributed by atoms with Crippen molar-refractivity contribution < 1.29 is 14.3 Å². The Balaban J connectivity index is 1.74. The van der Waals surface area contributed by atoms with E-state index in [9.17, 15) is 4.79 Å². The number of carbonyl (C=O) groups is 1. The van der Waals surface area contributed by atoms with Gasteiger partial charge in [-0.05, 0) is 45.2 Å². The SMILES string of the molecule is CC(C)(C)OC(=O)N1CCC2(CC1)OC[C@H](Br)c1cc(Cl)sc12. The molecule has 4 nitrogen and oxygen atoms in total. The monoisotopic (exact) mass is 421 g/mol. The summed E-state index contributed by atoms with van der Waals surface area (Å²) in [4.78, 5) is 15.4. The summed E-state index contributed by atoms with van der Waals surface area (Å²) in [5.74, 6) is 0. The first-order valence-corrected chi connectivity index (χ1v) is 9.87. The maximum Gasteiger partial charge on any atom is 0.410 e. The number of ether oxygens (including phenoxy) is 2. The number of nitrogens with zero attached hydrogens (tertiary/aromatic N) is 1. The fraction of sp³-hybridized carbons (Fsp3) is 0.688. The molecule has 1 fully saturated rings. The largest absolute Gasteiger partial charge is 0.444 e. The van der Waals surface area contributed by atoms with Crippen LogP contribution in [0.5, 0.6) is 0 Å². The quantitative estimate of drug-likeness (QED) is 0.546. The molecule has 1 saturated heterocycles. The maximum absolute atomic E-state index is 12.2.